The Balaban J connectivity index is 4.43. The Kier molecular flexibility index (Phi) is 60.8. The average molecular weight is 1060 g/mol. The van der Waals surface area contributed by atoms with E-state index in [0.29, 0.717) is 19.3 Å². The summed E-state index contributed by atoms with van der Waals surface area (Å²) < 4.78 is 16.9. The Bertz CT molecular complexity index is 1490. The molecule has 0 radical (unpaired) electrons. The van der Waals surface area contributed by atoms with Gasteiger partial charge in [0.05, 0.1) is 0 Å². The van der Waals surface area contributed by atoms with E-state index in [-0.39, 0.29) is 37.5 Å². The fourth-order valence-corrected chi connectivity index (χ4v) is 9.02. The lowest BCUT2D eigenvalue weighted by atomic mass is 10.0. The van der Waals surface area contributed by atoms with Crippen molar-refractivity contribution in [2.45, 2.75) is 316 Å². The lowest BCUT2D eigenvalue weighted by Gasteiger charge is -2.18. The lowest BCUT2D eigenvalue weighted by molar-refractivity contribution is -0.167. The Labute approximate surface area is 470 Å². The number of allylic oxidation sites excluding steroid dienone is 16. The van der Waals surface area contributed by atoms with Gasteiger partial charge in [-0.05, 0) is 96.3 Å². The first-order valence-corrected chi connectivity index (χ1v) is 32.2. The van der Waals surface area contributed by atoms with Crippen LogP contribution in [0.15, 0.2) is 97.2 Å². The third-order valence-corrected chi connectivity index (χ3v) is 13.8. The van der Waals surface area contributed by atoms with Crippen molar-refractivity contribution in [2.24, 2.45) is 0 Å². The van der Waals surface area contributed by atoms with E-state index in [2.05, 4.69) is 118 Å². The van der Waals surface area contributed by atoms with Gasteiger partial charge in [-0.25, -0.2) is 0 Å². The topological polar surface area (TPSA) is 78.9 Å². The molecule has 0 aliphatic carbocycles. The maximum atomic E-state index is 12.9. The zero-order chi connectivity index (χ0) is 55.0. The van der Waals surface area contributed by atoms with Crippen molar-refractivity contribution >= 4 is 17.9 Å². The largest absolute Gasteiger partial charge is 0.462 e. The van der Waals surface area contributed by atoms with Crippen molar-refractivity contribution < 1.29 is 28.6 Å². The highest BCUT2D eigenvalue weighted by molar-refractivity contribution is 5.71. The molecule has 0 aliphatic heterocycles. The fourth-order valence-electron chi connectivity index (χ4n) is 9.02. The van der Waals surface area contributed by atoms with Crippen LogP contribution < -0.4 is 0 Å². The molecule has 0 heterocycles. The third kappa shape index (κ3) is 61.2. The SMILES string of the molecule is CC/C=C\C/C=C\C/C=C\C/C=C\C/C=C\CCCC(=O)OCC(COC(=O)CCCCCCCCCC/C=C\C/C=C\C/C=C\CCCCCCC)OC(=O)CCCCCCCCCCCCCCCCCCCC. The highest BCUT2D eigenvalue weighted by atomic mass is 16.6. The second kappa shape index (κ2) is 63.9. The molecule has 1 unspecified atom stereocenters. The van der Waals surface area contributed by atoms with Gasteiger partial charge in [-0.1, -0.05) is 291 Å². The highest BCUT2D eigenvalue weighted by Gasteiger charge is 2.19. The van der Waals surface area contributed by atoms with Gasteiger partial charge in [-0.3, -0.25) is 14.4 Å². The zero-order valence-electron chi connectivity index (χ0n) is 50.0. The summed E-state index contributed by atoms with van der Waals surface area (Å²) >= 11 is 0. The number of unbranched alkanes of at least 4 members (excludes halogenated alkanes) is 31. The molecule has 1 atom stereocenters. The van der Waals surface area contributed by atoms with E-state index in [1.165, 1.54) is 167 Å². The molecular formula is C70H120O6. The fraction of sp³-hybridized carbons (Fsp3) is 0.729. The van der Waals surface area contributed by atoms with Crippen molar-refractivity contribution in [1.29, 1.82) is 0 Å². The van der Waals surface area contributed by atoms with Crippen LogP contribution in [-0.4, -0.2) is 37.2 Å². The van der Waals surface area contributed by atoms with E-state index in [9.17, 15) is 14.4 Å². The van der Waals surface area contributed by atoms with E-state index in [1.807, 2.05) is 0 Å². The van der Waals surface area contributed by atoms with Gasteiger partial charge in [0.2, 0.25) is 0 Å². The Morgan fingerprint density at radius 3 is 0.855 bits per heavy atom. The summed E-state index contributed by atoms with van der Waals surface area (Å²) in [6, 6.07) is 0. The minimum absolute atomic E-state index is 0.0974. The molecule has 0 spiro atoms. The number of carbonyl (C=O) groups is 3. The Morgan fingerprint density at radius 1 is 0.276 bits per heavy atom. The smallest absolute Gasteiger partial charge is 0.306 e. The van der Waals surface area contributed by atoms with Gasteiger partial charge in [0.25, 0.3) is 0 Å². The first-order valence-electron chi connectivity index (χ1n) is 32.2. The van der Waals surface area contributed by atoms with Crippen molar-refractivity contribution in [3.05, 3.63) is 97.2 Å². The van der Waals surface area contributed by atoms with Crippen LogP contribution in [-0.2, 0) is 28.6 Å². The summed E-state index contributed by atoms with van der Waals surface area (Å²) in [6.45, 7) is 6.49. The monoisotopic (exact) mass is 1060 g/mol. The van der Waals surface area contributed by atoms with Crippen LogP contribution in [0.1, 0.15) is 310 Å². The third-order valence-electron chi connectivity index (χ3n) is 13.8. The van der Waals surface area contributed by atoms with Crippen molar-refractivity contribution in [1.82, 2.24) is 0 Å². The first-order chi connectivity index (χ1) is 37.5. The molecule has 0 amide bonds. The Hall–Kier alpha value is -3.67. The van der Waals surface area contributed by atoms with Crippen LogP contribution in [0.4, 0.5) is 0 Å². The standard InChI is InChI=1S/C70H120O6/c1-4-7-10-13-16-19-22-25-28-31-33-34-35-36-37-40-42-45-48-51-54-57-60-63-69(72)75-66-67(65-74-68(71)62-59-56-53-50-47-44-41-38-30-27-24-21-18-15-12-9-6-3)76-70(73)64-61-58-55-52-49-46-43-39-32-29-26-23-20-17-14-11-8-5-2/h9,12,18,21-22,25,27,30-31,33,35-36,41,44,50,53,67H,4-8,10-11,13-17,19-20,23-24,26,28-29,32,34,37-40,42-43,45-49,51-52,54-66H2,1-3H3/b12-9-,21-18-,25-22-,30-27-,33-31-,36-35-,44-41-,53-50-. The number of esters is 3. The number of carbonyl (C=O) groups excluding carboxylic acids is 3. The number of rotatable bonds is 58. The number of hydrogen-bond donors (Lipinski definition) is 0. The first kappa shape index (κ1) is 72.3. The Morgan fingerprint density at radius 2 is 0.526 bits per heavy atom. The minimum Gasteiger partial charge on any atom is -0.462 e. The maximum absolute atomic E-state index is 12.9. The molecule has 76 heavy (non-hydrogen) atoms. The predicted octanol–water partition coefficient (Wildman–Crippen LogP) is 22.0. The molecule has 0 rings (SSSR count). The highest BCUT2D eigenvalue weighted by Crippen LogP contribution is 2.16. The molecule has 0 aromatic carbocycles. The number of hydrogen-bond acceptors (Lipinski definition) is 6. The molecule has 6 nitrogen and oxygen atoms in total. The molecule has 0 saturated heterocycles. The summed E-state index contributed by atoms with van der Waals surface area (Å²) in [4.78, 5) is 38.3. The molecule has 0 fully saturated rings. The van der Waals surface area contributed by atoms with Crippen LogP contribution in [0.3, 0.4) is 0 Å². The summed E-state index contributed by atoms with van der Waals surface area (Å²) in [5, 5.41) is 0. The molecule has 436 valence electrons. The van der Waals surface area contributed by atoms with Crippen LogP contribution in [0.5, 0.6) is 0 Å². The molecule has 0 N–H and O–H groups in total. The number of ether oxygens (including phenoxy) is 3. The molecule has 0 aliphatic rings. The van der Waals surface area contributed by atoms with E-state index < -0.39 is 6.10 Å². The quantitative estimate of drug-likeness (QED) is 0.0261. The van der Waals surface area contributed by atoms with Crippen molar-refractivity contribution in [3.8, 4) is 0 Å². The minimum atomic E-state index is -0.804. The summed E-state index contributed by atoms with van der Waals surface area (Å²) in [7, 11) is 0. The molecule has 6 heteroatoms. The second-order valence-electron chi connectivity index (χ2n) is 21.3. The van der Waals surface area contributed by atoms with Gasteiger partial charge >= 0.3 is 17.9 Å². The van der Waals surface area contributed by atoms with Crippen LogP contribution in [0.25, 0.3) is 0 Å². The van der Waals surface area contributed by atoms with Crippen molar-refractivity contribution in [2.75, 3.05) is 13.2 Å². The van der Waals surface area contributed by atoms with Gasteiger partial charge in [-0.15, -0.1) is 0 Å². The summed E-state index contributed by atoms with van der Waals surface area (Å²) in [5.74, 6) is -0.952. The average Bonchev–Trinajstić information content (AvgIpc) is 3.42. The van der Waals surface area contributed by atoms with Gasteiger partial charge in [0.1, 0.15) is 13.2 Å². The zero-order valence-corrected chi connectivity index (χ0v) is 50.0. The molecule has 0 aromatic heterocycles. The van der Waals surface area contributed by atoms with Gasteiger partial charge in [0.15, 0.2) is 6.10 Å². The predicted molar refractivity (Wildman–Crippen MR) is 330 cm³/mol. The normalized spacial score (nSPS) is 12.7. The molecule has 0 saturated carbocycles. The van der Waals surface area contributed by atoms with E-state index in [0.717, 1.165) is 96.3 Å². The molecular weight excluding hydrogens is 937 g/mol. The van der Waals surface area contributed by atoms with Gasteiger partial charge < -0.3 is 14.2 Å². The second-order valence-corrected chi connectivity index (χ2v) is 21.3. The van der Waals surface area contributed by atoms with E-state index in [1.54, 1.807) is 0 Å². The van der Waals surface area contributed by atoms with Crippen LogP contribution >= 0.6 is 0 Å². The van der Waals surface area contributed by atoms with Crippen molar-refractivity contribution in [3.63, 3.8) is 0 Å². The van der Waals surface area contributed by atoms with E-state index >= 15 is 0 Å². The summed E-state index contributed by atoms with van der Waals surface area (Å²) in [5.41, 5.74) is 0. The molecule has 0 bridgehead atoms. The molecule has 0 aromatic rings. The maximum Gasteiger partial charge on any atom is 0.306 e. The van der Waals surface area contributed by atoms with Crippen LogP contribution in [0.2, 0.25) is 0 Å². The van der Waals surface area contributed by atoms with Gasteiger partial charge in [-0.2, -0.15) is 0 Å². The van der Waals surface area contributed by atoms with Crippen LogP contribution in [0, 0.1) is 0 Å². The summed E-state index contributed by atoms with van der Waals surface area (Å²) in [6.07, 6.45) is 85.6. The van der Waals surface area contributed by atoms with Gasteiger partial charge in [0, 0.05) is 19.3 Å². The van der Waals surface area contributed by atoms with E-state index in [4.69, 9.17) is 14.2 Å². The lowest BCUT2D eigenvalue weighted by Crippen LogP contribution is -2.30.